The highest BCUT2D eigenvalue weighted by Crippen LogP contribution is 2.44. The van der Waals surface area contributed by atoms with Crippen LogP contribution in [0.1, 0.15) is 12.8 Å². The number of hydrogen-bond acceptors (Lipinski definition) is 2. The summed E-state index contributed by atoms with van der Waals surface area (Å²) in [6.45, 7) is -0.992. The molecule has 0 fully saturated rings. The number of hydrogen-bond donors (Lipinski definition) is 1. The molecule has 1 aliphatic heterocycles. The van der Waals surface area contributed by atoms with E-state index in [-0.39, 0.29) is 5.82 Å². The van der Waals surface area contributed by atoms with E-state index in [9.17, 15) is 13.2 Å². The van der Waals surface area contributed by atoms with Crippen LogP contribution in [0.2, 0.25) is 5.02 Å². The number of alkyl halides is 3. The SMILES string of the molecule is [2H]C1c2[nH]ccc2-c2ccc(C(F)(F)F)nc2N1c1ccccc1Cl. The molecular weight excluding hydrogens is 339 g/mol. The van der Waals surface area contributed by atoms with Crippen molar-refractivity contribution in [2.75, 3.05) is 4.90 Å². The fraction of sp³-hybridized carbons (Fsp3) is 0.118. The average Bonchev–Trinajstić information content (AvgIpc) is 3.05. The Hall–Kier alpha value is -2.47. The molecule has 1 unspecified atom stereocenters. The molecule has 3 aromatic rings. The first kappa shape index (κ1) is 13.9. The summed E-state index contributed by atoms with van der Waals surface area (Å²) < 4.78 is 48.0. The summed E-state index contributed by atoms with van der Waals surface area (Å²) in [5.74, 6) is 0.0648. The van der Waals surface area contributed by atoms with Crippen molar-refractivity contribution < 1.29 is 14.5 Å². The van der Waals surface area contributed by atoms with Gasteiger partial charge in [0.25, 0.3) is 0 Å². The third kappa shape index (κ3) is 2.34. The maximum absolute atomic E-state index is 13.1. The van der Waals surface area contributed by atoms with Crippen LogP contribution < -0.4 is 4.90 Å². The van der Waals surface area contributed by atoms with E-state index in [0.717, 1.165) is 6.07 Å². The van der Waals surface area contributed by atoms with Crippen molar-refractivity contribution in [3.05, 3.63) is 65.1 Å². The second kappa shape index (κ2) is 5.27. The zero-order chi connectivity index (χ0) is 17.8. The molecule has 1 aliphatic rings. The Morgan fingerprint density at radius 3 is 2.67 bits per heavy atom. The van der Waals surface area contributed by atoms with Crippen molar-refractivity contribution in [2.24, 2.45) is 0 Å². The first-order chi connectivity index (χ1) is 11.9. The molecule has 3 nitrogen and oxygen atoms in total. The Morgan fingerprint density at radius 1 is 1.12 bits per heavy atom. The number of halogens is 4. The van der Waals surface area contributed by atoms with Crippen LogP contribution in [-0.4, -0.2) is 9.97 Å². The molecule has 0 saturated carbocycles. The van der Waals surface area contributed by atoms with E-state index in [4.69, 9.17) is 13.0 Å². The predicted molar refractivity (Wildman–Crippen MR) is 86.3 cm³/mol. The van der Waals surface area contributed by atoms with Gasteiger partial charge in [-0.15, -0.1) is 0 Å². The van der Waals surface area contributed by atoms with Crippen LogP contribution >= 0.6 is 11.6 Å². The largest absolute Gasteiger partial charge is 0.433 e. The monoisotopic (exact) mass is 350 g/mol. The van der Waals surface area contributed by atoms with E-state index in [1.165, 1.54) is 11.0 Å². The van der Waals surface area contributed by atoms with Crippen molar-refractivity contribution in [1.82, 2.24) is 9.97 Å². The Balaban J connectivity index is 2.00. The molecule has 1 atom stereocenters. The molecule has 3 heterocycles. The average molecular weight is 351 g/mol. The van der Waals surface area contributed by atoms with Crippen LogP contribution in [0.25, 0.3) is 11.1 Å². The summed E-state index contributed by atoms with van der Waals surface area (Å²) >= 11 is 6.23. The van der Waals surface area contributed by atoms with E-state index in [0.29, 0.717) is 27.5 Å². The molecule has 0 spiro atoms. The number of anilines is 2. The lowest BCUT2D eigenvalue weighted by Crippen LogP contribution is -2.24. The zero-order valence-electron chi connectivity index (χ0n) is 13.1. The van der Waals surface area contributed by atoms with Gasteiger partial charge in [0.05, 0.1) is 18.6 Å². The molecule has 1 aromatic carbocycles. The van der Waals surface area contributed by atoms with Crippen molar-refractivity contribution in [1.29, 1.82) is 0 Å². The predicted octanol–water partition coefficient (Wildman–Crippen LogP) is 5.40. The lowest BCUT2D eigenvalue weighted by Gasteiger charge is -2.31. The molecular formula is C17H11ClF3N3. The summed E-state index contributed by atoms with van der Waals surface area (Å²) in [6.07, 6.45) is -2.92. The molecule has 0 bridgehead atoms. The van der Waals surface area contributed by atoms with Gasteiger partial charge in [0.1, 0.15) is 11.5 Å². The molecule has 0 radical (unpaired) electrons. The van der Waals surface area contributed by atoms with E-state index < -0.39 is 18.4 Å². The minimum atomic E-state index is -4.57. The Bertz CT molecular complexity index is 954. The topological polar surface area (TPSA) is 31.9 Å². The summed E-state index contributed by atoms with van der Waals surface area (Å²) in [5.41, 5.74) is 1.19. The van der Waals surface area contributed by atoms with Gasteiger partial charge in [0.2, 0.25) is 0 Å². The smallest absolute Gasteiger partial charge is 0.363 e. The highest BCUT2D eigenvalue weighted by molar-refractivity contribution is 6.33. The van der Waals surface area contributed by atoms with Crippen molar-refractivity contribution in [3.8, 4) is 11.1 Å². The van der Waals surface area contributed by atoms with Crippen LogP contribution in [0.5, 0.6) is 0 Å². The van der Waals surface area contributed by atoms with Crippen LogP contribution in [-0.2, 0) is 12.7 Å². The number of aromatic nitrogens is 2. The lowest BCUT2D eigenvalue weighted by atomic mass is 10.0. The van der Waals surface area contributed by atoms with Crippen molar-refractivity contribution >= 4 is 23.1 Å². The summed E-state index contributed by atoms with van der Waals surface area (Å²) in [6, 6.07) is 10.8. The molecule has 122 valence electrons. The highest BCUT2D eigenvalue weighted by Gasteiger charge is 2.35. The van der Waals surface area contributed by atoms with Gasteiger partial charge in [-0.25, -0.2) is 4.98 Å². The zero-order valence-corrected chi connectivity index (χ0v) is 12.9. The Morgan fingerprint density at radius 2 is 1.92 bits per heavy atom. The Labute approximate surface area is 142 Å². The van der Waals surface area contributed by atoms with Gasteiger partial charge in [-0.1, -0.05) is 23.7 Å². The number of nitrogens with zero attached hydrogens (tertiary/aromatic N) is 2. The normalized spacial score (nSPS) is 17.2. The fourth-order valence-corrected chi connectivity index (χ4v) is 2.97. The quantitative estimate of drug-likeness (QED) is 0.637. The number of fused-ring (bicyclic) bond motifs is 3. The number of aromatic amines is 1. The number of benzene rings is 1. The van der Waals surface area contributed by atoms with Gasteiger partial charge in [0.15, 0.2) is 0 Å². The van der Waals surface area contributed by atoms with Gasteiger partial charge < -0.3 is 9.88 Å². The molecule has 2 aromatic heterocycles. The fourth-order valence-electron chi connectivity index (χ4n) is 2.75. The van der Waals surface area contributed by atoms with E-state index in [1.54, 1.807) is 36.5 Å². The molecule has 0 aliphatic carbocycles. The van der Waals surface area contributed by atoms with Crippen molar-refractivity contribution in [2.45, 2.75) is 12.7 Å². The first-order valence-corrected chi connectivity index (χ1v) is 7.47. The second-order valence-electron chi connectivity index (χ2n) is 5.32. The standard InChI is InChI=1S/C17H11ClF3N3/c18-12-3-1-2-4-14(12)24-9-13-10(7-8-22-13)11-5-6-15(17(19,20)21)23-16(11)24/h1-8,22H,9H2/i9D. The molecule has 1 N–H and O–H groups in total. The van der Waals surface area contributed by atoms with Crippen LogP contribution in [0.3, 0.4) is 0 Å². The third-order valence-corrected chi connectivity index (χ3v) is 4.15. The number of nitrogens with one attached hydrogen (secondary N) is 1. The summed E-state index contributed by atoms with van der Waals surface area (Å²) in [5, 5.41) is 0.333. The highest BCUT2D eigenvalue weighted by atomic mass is 35.5. The summed E-state index contributed by atoms with van der Waals surface area (Å²) in [4.78, 5) is 8.22. The lowest BCUT2D eigenvalue weighted by molar-refractivity contribution is -0.141. The number of H-pyrrole nitrogens is 1. The van der Waals surface area contributed by atoms with E-state index >= 15 is 0 Å². The minimum absolute atomic E-state index is 0.0648. The Kier molecular flexibility index (Phi) is 3.06. The molecule has 24 heavy (non-hydrogen) atoms. The maximum Gasteiger partial charge on any atom is 0.433 e. The number of para-hydroxylation sites is 1. The summed E-state index contributed by atoms with van der Waals surface area (Å²) in [7, 11) is 0. The van der Waals surface area contributed by atoms with Gasteiger partial charge in [-0.05, 0) is 30.3 Å². The molecule has 0 amide bonds. The van der Waals surface area contributed by atoms with Crippen LogP contribution in [0.4, 0.5) is 24.7 Å². The van der Waals surface area contributed by atoms with Gasteiger partial charge >= 0.3 is 6.18 Å². The molecule has 4 rings (SSSR count). The second-order valence-corrected chi connectivity index (χ2v) is 5.73. The van der Waals surface area contributed by atoms with Crippen molar-refractivity contribution in [3.63, 3.8) is 0 Å². The van der Waals surface area contributed by atoms with Crippen LogP contribution in [0.15, 0.2) is 48.7 Å². The number of rotatable bonds is 1. The van der Waals surface area contributed by atoms with E-state index in [2.05, 4.69) is 9.97 Å². The van der Waals surface area contributed by atoms with Gasteiger partial charge in [-0.2, -0.15) is 13.2 Å². The maximum atomic E-state index is 13.1. The molecule has 0 saturated heterocycles. The van der Waals surface area contributed by atoms with Gasteiger partial charge in [0, 0.05) is 23.0 Å². The molecule has 7 heteroatoms. The van der Waals surface area contributed by atoms with Crippen LogP contribution in [0, 0.1) is 0 Å². The number of pyridine rings is 1. The third-order valence-electron chi connectivity index (χ3n) is 3.83. The van der Waals surface area contributed by atoms with Gasteiger partial charge in [-0.3, -0.25) is 0 Å². The first-order valence-electron chi connectivity index (χ1n) is 7.67. The van der Waals surface area contributed by atoms with E-state index in [1.807, 2.05) is 0 Å². The minimum Gasteiger partial charge on any atom is -0.363 e.